The van der Waals surface area contributed by atoms with Gasteiger partial charge in [0.1, 0.15) is 0 Å². The molecule has 0 amide bonds. The second kappa shape index (κ2) is 3.76. The molecule has 13 heavy (non-hydrogen) atoms. The average Bonchev–Trinajstić information content (AvgIpc) is 2.62. The van der Waals surface area contributed by atoms with Crippen LogP contribution in [0, 0.1) is 0 Å². The quantitative estimate of drug-likeness (QED) is 0.794. The summed E-state index contributed by atoms with van der Waals surface area (Å²) in [5.74, 6) is 0.283. The molecule has 1 aromatic heterocycles. The Balaban J connectivity index is 2.06. The van der Waals surface area contributed by atoms with Crippen LogP contribution in [-0.4, -0.2) is 5.78 Å². The van der Waals surface area contributed by atoms with E-state index in [0.717, 1.165) is 16.6 Å². The first-order valence-corrected chi connectivity index (χ1v) is 5.81. The molecule has 0 bridgehead atoms. The Kier molecular flexibility index (Phi) is 2.65. The molecule has 0 aliphatic heterocycles. The minimum atomic E-state index is 0.283. The summed E-state index contributed by atoms with van der Waals surface area (Å²) in [4.78, 5) is 12.3. The molecule has 1 heterocycles. The van der Waals surface area contributed by atoms with Crippen LogP contribution in [0.3, 0.4) is 0 Å². The first-order valence-electron chi connectivity index (χ1n) is 4.20. The van der Waals surface area contributed by atoms with E-state index in [4.69, 9.17) is 0 Å². The van der Waals surface area contributed by atoms with Gasteiger partial charge in [-0.15, -0.1) is 11.3 Å². The fraction of sp³-hybridized carbons (Fsp3) is 0.300. The summed E-state index contributed by atoms with van der Waals surface area (Å²) < 4.78 is 1.16. The van der Waals surface area contributed by atoms with E-state index in [1.165, 1.54) is 10.5 Å². The van der Waals surface area contributed by atoms with Gasteiger partial charge in [0.15, 0.2) is 5.78 Å². The Morgan fingerprint density at radius 2 is 2.23 bits per heavy atom. The van der Waals surface area contributed by atoms with Crippen LogP contribution in [-0.2, 0) is 11.2 Å². The maximum Gasteiger partial charge on any atom is 0.155 e. The molecule has 0 saturated heterocycles. The maximum atomic E-state index is 11.0. The van der Waals surface area contributed by atoms with Gasteiger partial charge in [0, 0.05) is 17.7 Å². The normalized spacial score (nSPS) is 16.4. The first-order chi connectivity index (χ1) is 6.24. The molecule has 0 atom stereocenters. The number of halogens is 1. The van der Waals surface area contributed by atoms with Crippen molar-refractivity contribution in [3.8, 4) is 0 Å². The van der Waals surface area contributed by atoms with E-state index in [9.17, 15) is 4.79 Å². The van der Waals surface area contributed by atoms with Crippen LogP contribution in [0.25, 0.3) is 0 Å². The van der Waals surface area contributed by atoms with Gasteiger partial charge >= 0.3 is 0 Å². The number of ketones is 1. The Morgan fingerprint density at radius 3 is 2.77 bits per heavy atom. The minimum absolute atomic E-state index is 0.283. The summed E-state index contributed by atoms with van der Waals surface area (Å²) in [6.45, 7) is 0. The third-order valence-corrected chi connectivity index (χ3v) is 3.71. The fourth-order valence-electron chi connectivity index (χ4n) is 1.47. The largest absolute Gasteiger partial charge is 0.295 e. The first kappa shape index (κ1) is 9.16. The molecule has 3 heteroatoms. The van der Waals surface area contributed by atoms with Crippen molar-refractivity contribution < 1.29 is 4.79 Å². The van der Waals surface area contributed by atoms with Crippen molar-refractivity contribution in [2.75, 3.05) is 0 Å². The zero-order valence-corrected chi connectivity index (χ0v) is 9.45. The van der Waals surface area contributed by atoms with Gasteiger partial charge in [0.25, 0.3) is 0 Å². The van der Waals surface area contributed by atoms with Crippen molar-refractivity contribution in [1.29, 1.82) is 0 Å². The minimum Gasteiger partial charge on any atom is -0.295 e. The van der Waals surface area contributed by atoms with Crippen molar-refractivity contribution in [2.24, 2.45) is 0 Å². The average molecular weight is 257 g/mol. The molecule has 0 saturated carbocycles. The van der Waals surface area contributed by atoms with Crippen molar-refractivity contribution in [2.45, 2.75) is 19.3 Å². The number of hydrogen-bond acceptors (Lipinski definition) is 2. The predicted molar refractivity (Wildman–Crippen MR) is 58.0 cm³/mol. The van der Waals surface area contributed by atoms with E-state index in [2.05, 4.69) is 28.1 Å². The maximum absolute atomic E-state index is 11.0. The molecule has 2 rings (SSSR count). The van der Waals surface area contributed by atoms with Gasteiger partial charge in [0.05, 0.1) is 3.79 Å². The van der Waals surface area contributed by atoms with Crippen LogP contribution in [0.2, 0.25) is 0 Å². The summed E-state index contributed by atoms with van der Waals surface area (Å²) in [6.07, 6.45) is 4.41. The lowest BCUT2D eigenvalue weighted by atomic mass is 10.1. The van der Waals surface area contributed by atoms with Crippen LogP contribution < -0.4 is 0 Å². The van der Waals surface area contributed by atoms with E-state index < -0.39 is 0 Å². The van der Waals surface area contributed by atoms with Gasteiger partial charge in [0.2, 0.25) is 0 Å². The van der Waals surface area contributed by atoms with Gasteiger partial charge < -0.3 is 0 Å². The van der Waals surface area contributed by atoms with E-state index in [0.29, 0.717) is 6.42 Å². The summed E-state index contributed by atoms with van der Waals surface area (Å²) >= 11 is 5.17. The topological polar surface area (TPSA) is 17.1 Å². The number of hydrogen-bond donors (Lipinski definition) is 0. The molecule has 0 aromatic carbocycles. The van der Waals surface area contributed by atoms with Crippen LogP contribution in [0.4, 0.5) is 0 Å². The van der Waals surface area contributed by atoms with Crippen LogP contribution in [0.15, 0.2) is 27.6 Å². The van der Waals surface area contributed by atoms with E-state index >= 15 is 0 Å². The third kappa shape index (κ3) is 2.29. The molecule has 1 aliphatic carbocycles. The molecular weight excluding hydrogens is 248 g/mol. The summed E-state index contributed by atoms with van der Waals surface area (Å²) in [5, 5.41) is 0. The summed E-state index contributed by atoms with van der Waals surface area (Å²) in [5.41, 5.74) is 1.28. The van der Waals surface area contributed by atoms with Crippen LogP contribution >= 0.6 is 27.3 Å². The van der Waals surface area contributed by atoms with Crippen LogP contribution in [0.1, 0.15) is 17.7 Å². The van der Waals surface area contributed by atoms with Crippen LogP contribution in [0.5, 0.6) is 0 Å². The molecule has 0 N–H and O–H groups in total. The Bertz CT molecular complexity index is 365. The smallest absolute Gasteiger partial charge is 0.155 e. The lowest BCUT2D eigenvalue weighted by molar-refractivity contribution is -0.114. The van der Waals surface area contributed by atoms with Crippen molar-refractivity contribution in [1.82, 2.24) is 0 Å². The van der Waals surface area contributed by atoms with Crippen molar-refractivity contribution >= 4 is 33.0 Å². The molecule has 0 unspecified atom stereocenters. The van der Waals surface area contributed by atoms with Crippen molar-refractivity contribution in [3.63, 3.8) is 0 Å². The van der Waals surface area contributed by atoms with Gasteiger partial charge in [-0.3, -0.25) is 4.79 Å². The van der Waals surface area contributed by atoms with E-state index in [1.807, 2.05) is 0 Å². The molecule has 1 aliphatic rings. The molecule has 68 valence electrons. The third-order valence-electron chi connectivity index (χ3n) is 2.09. The SMILES string of the molecule is O=C1C=C(Cc2ccc(Br)s2)CC1. The highest BCUT2D eigenvalue weighted by Gasteiger charge is 2.12. The zero-order valence-electron chi connectivity index (χ0n) is 7.05. The highest BCUT2D eigenvalue weighted by Crippen LogP contribution is 2.27. The monoisotopic (exact) mass is 256 g/mol. The molecular formula is C10H9BrOS. The fourth-order valence-corrected chi connectivity index (χ4v) is 3.00. The second-order valence-corrected chi connectivity index (χ2v) is 5.70. The van der Waals surface area contributed by atoms with E-state index in [-0.39, 0.29) is 5.78 Å². The lowest BCUT2D eigenvalue weighted by Gasteiger charge is -1.95. The standard InChI is InChI=1S/C10H9BrOS/c11-10-4-3-9(13-10)6-7-1-2-8(12)5-7/h3-5H,1-2,6H2. The Morgan fingerprint density at radius 1 is 1.38 bits per heavy atom. The summed E-state index contributed by atoms with van der Waals surface area (Å²) in [7, 11) is 0. The molecule has 0 spiro atoms. The molecule has 0 radical (unpaired) electrons. The van der Waals surface area contributed by atoms with Gasteiger partial charge in [-0.25, -0.2) is 0 Å². The number of thiophene rings is 1. The van der Waals surface area contributed by atoms with Gasteiger partial charge in [-0.1, -0.05) is 5.57 Å². The number of carbonyl (C=O) groups is 1. The summed E-state index contributed by atoms with van der Waals surface area (Å²) in [6, 6.07) is 4.16. The second-order valence-electron chi connectivity index (χ2n) is 3.15. The number of rotatable bonds is 2. The lowest BCUT2D eigenvalue weighted by Crippen LogP contribution is -1.82. The molecule has 1 nitrogen and oxygen atoms in total. The zero-order chi connectivity index (χ0) is 9.26. The molecule has 0 fully saturated rings. The Hall–Kier alpha value is -0.410. The van der Waals surface area contributed by atoms with E-state index in [1.54, 1.807) is 17.4 Å². The van der Waals surface area contributed by atoms with Crippen molar-refractivity contribution in [3.05, 3.63) is 32.4 Å². The number of allylic oxidation sites excluding steroid dienone is 2. The highest BCUT2D eigenvalue weighted by atomic mass is 79.9. The van der Waals surface area contributed by atoms with Gasteiger partial charge in [-0.05, 0) is 40.6 Å². The van der Waals surface area contributed by atoms with Gasteiger partial charge in [-0.2, -0.15) is 0 Å². The predicted octanol–water partition coefficient (Wildman–Crippen LogP) is 3.34. The highest BCUT2D eigenvalue weighted by molar-refractivity contribution is 9.11. The number of carbonyl (C=O) groups excluding carboxylic acids is 1. The molecule has 1 aromatic rings. The Labute approximate surface area is 89.6 Å².